The van der Waals surface area contributed by atoms with Gasteiger partial charge in [-0.3, -0.25) is 4.99 Å². The molecule has 0 amide bonds. The molecule has 2 aliphatic carbocycles. The van der Waals surface area contributed by atoms with Crippen molar-refractivity contribution in [1.82, 2.24) is 4.90 Å². The van der Waals surface area contributed by atoms with Crippen LogP contribution in [-0.2, 0) is 12.8 Å². The fraction of sp³-hybridized carbons (Fsp3) is 0.562. The lowest BCUT2D eigenvalue weighted by Gasteiger charge is -2.14. The van der Waals surface area contributed by atoms with Crippen molar-refractivity contribution in [2.75, 3.05) is 25.5 Å². The second-order valence-electron chi connectivity index (χ2n) is 5.94. The molecule has 0 unspecified atom stereocenters. The van der Waals surface area contributed by atoms with Crippen molar-refractivity contribution in [3.8, 4) is 0 Å². The zero-order chi connectivity index (χ0) is 13.9. The minimum Gasteiger partial charge on any atom is -0.370 e. The van der Waals surface area contributed by atoms with E-state index >= 15 is 0 Å². The molecule has 3 N–H and O–H groups in total. The molecule has 1 aromatic rings. The maximum atomic E-state index is 5.95. The first-order chi connectivity index (χ1) is 9.72. The number of aliphatic imine (C=N–C) groups is 1. The molecule has 0 aliphatic heterocycles. The summed E-state index contributed by atoms with van der Waals surface area (Å²) in [4.78, 5) is 6.77. The van der Waals surface area contributed by atoms with E-state index in [9.17, 15) is 0 Å². The summed E-state index contributed by atoms with van der Waals surface area (Å²) >= 11 is 0. The lowest BCUT2D eigenvalue weighted by Crippen LogP contribution is -2.27. The lowest BCUT2D eigenvalue weighted by atomic mass is 10.1. The first-order valence-electron chi connectivity index (χ1n) is 7.61. The molecule has 20 heavy (non-hydrogen) atoms. The van der Waals surface area contributed by atoms with E-state index in [2.05, 4.69) is 40.5 Å². The Morgan fingerprint density at radius 2 is 2.15 bits per heavy atom. The number of hydrogen-bond acceptors (Lipinski definition) is 2. The summed E-state index contributed by atoms with van der Waals surface area (Å²) in [5, 5.41) is 3.20. The van der Waals surface area contributed by atoms with Crippen LogP contribution in [0.4, 0.5) is 5.69 Å². The topological polar surface area (TPSA) is 53.6 Å². The van der Waals surface area contributed by atoms with Crippen LogP contribution in [0.1, 0.15) is 30.4 Å². The van der Waals surface area contributed by atoms with E-state index in [1.165, 1.54) is 43.2 Å². The molecule has 0 heterocycles. The van der Waals surface area contributed by atoms with E-state index < -0.39 is 0 Å². The number of likely N-dealkylation sites (N-methyl/N-ethyl adjacent to an activating group) is 1. The van der Waals surface area contributed by atoms with Crippen molar-refractivity contribution in [3.63, 3.8) is 0 Å². The van der Waals surface area contributed by atoms with Gasteiger partial charge in [0.15, 0.2) is 5.96 Å². The number of fused-ring (bicyclic) bond motifs is 1. The Morgan fingerprint density at radius 1 is 1.35 bits per heavy atom. The fourth-order valence-electron chi connectivity index (χ4n) is 2.86. The first-order valence-corrected chi connectivity index (χ1v) is 7.61. The van der Waals surface area contributed by atoms with E-state index in [4.69, 9.17) is 5.73 Å². The molecule has 4 heteroatoms. The number of nitrogens with two attached hydrogens (primary N) is 1. The van der Waals surface area contributed by atoms with Gasteiger partial charge in [-0.2, -0.15) is 0 Å². The van der Waals surface area contributed by atoms with E-state index in [0.29, 0.717) is 5.96 Å². The Labute approximate surface area is 121 Å². The third-order valence-corrected chi connectivity index (χ3v) is 4.28. The summed E-state index contributed by atoms with van der Waals surface area (Å²) in [6.45, 7) is 1.74. The van der Waals surface area contributed by atoms with Gasteiger partial charge in [0.2, 0.25) is 0 Å². The molecule has 0 aromatic heterocycles. The van der Waals surface area contributed by atoms with E-state index in [0.717, 1.165) is 24.8 Å². The molecule has 0 atom stereocenters. The molecule has 0 spiro atoms. The number of nitrogens with zero attached hydrogens (tertiary/aromatic N) is 2. The van der Waals surface area contributed by atoms with Gasteiger partial charge in [0, 0.05) is 18.3 Å². The standard InChI is InChI=1S/C16H24N4/c1-20(15-7-8-15)10-9-18-16(17)19-14-6-5-12-3-2-4-13(12)11-14/h5-6,11,15H,2-4,7-10H2,1H3,(H3,17,18,19). The van der Waals surface area contributed by atoms with Crippen LogP contribution >= 0.6 is 0 Å². The quantitative estimate of drug-likeness (QED) is 0.637. The Morgan fingerprint density at radius 3 is 2.95 bits per heavy atom. The Hall–Kier alpha value is -1.55. The van der Waals surface area contributed by atoms with Crippen LogP contribution in [0.15, 0.2) is 23.2 Å². The summed E-state index contributed by atoms with van der Waals surface area (Å²) in [7, 11) is 2.16. The summed E-state index contributed by atoms with van der Waals surface area (Å²) in [6.07, 6.45) is 6.35. The van der Waals surface area contributed by atoms with Gasteiger partial charge in [-0.25, -0.2) is 0 Å². The van der Waals surface area contributed by atoms with E-state index in [1.807, 2.05) is 0 Å². The van der Waals surface area contributed by atoms with Gasteiger partial charge < -0.3 is 16.0 Å². The highest BCUT2D eigenvalue weighted by molar-refractivity contribution is 5.92. The predicted octanol–water partition coefficient (Wildman–Crippen LogP) is 2.00. The summed E-state index contributed by atoms with van der Waals surface area (Å²) in [5.74, 6) is 0.521. The third-order valence-electron chi connectivity index (χ3n) is 4.28. The Kier molecular flexibility index (Phi) is 3.92. The minimum absolute atomic E-state index is 0.521. The molecule has 0 bridgehead atoms. The van der Waals surface area contributed by atoms with Gasteiger partial charge >= 0.3 is 0 Å². The number of rotatable bonds is 5. The van der Waals surface area contributed by atoms with Crippen LogP contribution in [0, 0.1) is 0 Å². The average molecular weight is 272 g/mol. The highest BCUT2D eigenvalue weighted by Gasteiger charge is 2.25. The fourth-order valence-corrected chi connectivity index (χ4v) is 2.86. The number of nitrogens with one attached hydrogen (secondary N) is 1. The lowest BCUT2D eigenvalue weighted by molar-refractivity contribution is 0.334. The largest absolute Gasteiger partial charge is 0.370 e. The summed E-state index contributed by atoms with van der Waals surface area (Å²) < 4.78 is 0. The zero-order valence-electron chi connectivity index (χ0n) is 12.2. The molecule has 0 radical (unpaired) electrons. The van der Waals surface area contributed by atoms with Gasteiger partial charge in [-0.15, -0.1) is 0 Å². The van der Waals surface area contributed by atoms with Crippen molar-refractivity contribution >= 4 is 11.6 Å². The molecule has 108 valence electrons. The van der Waals surface area contributed by atoms with Crippen molar-refractivity contribution in [3.05, 3.63) is 29.3 Å². The second-order valence-corrected chi connectivity index (χ2v) is 5.94. The average Bonchev–Trinajstić information content (AvgIpc) is 3.17. The van der Waals surface area contributed by atoms with Gasteiger partial charge in [0.1, 0.15) is 0 Å². The number of aryl methyl sites for hydroxylation is 2. The van der Waals surface area contributed by atoms with Gasteiger partial charge in [0.05, 0.1) is 6.54 Å². The first kappa shape index (κ1) is 13.4. The van der Waals surface area contributed by atoms with E-state index in [-0.39, 0.29) is 0 Å². The van der Waals surface area contributed by atoms with Gasteiger partial charge in [-0.1, -0.05) is 6.07 Å². The Bertz CT molecular complexity index is 505. The van der Waals surface area contributed by atoms with Crippen LogP contribution in [0.3, 0.4) is 0 Å². The summed E-state index contributed by atoms with van der Waals surface area (Å²) in [6, 6.07) is 7.30. The molecule has 0 saturated heterocycles. The molecular formula is C16H24N4. The molecule has 3 rings (SSSR count). The highest BCUT2D eigenvalue weighted by atomic mass is 15.2. The van der Waals surface area contributed by atoms with Crippen molar-refractivity contribution in [2.24, 2.45) is 10.7 Å². The van der Waals surface area contributed by atoms with Crippen LogP contribution < -0.4 is 11.1 Å². The van der Waals surface area contributed by atoms with Crippen LogP contribution in [0.5, 0.6) is 0 Å². The van der Waals surface area contributed by atoms with Crippen molar-refractivity contribution in [2.45, 2.75) is 38.1 Å². The minimum atomic E-state index is 0.521. The van der Waals surface area contributed by atoms with Crippen LogP contribution in [0.25, 0.3) is 0 Å². The number of guanidine groups is 1. The molecule has 1 aromatic carbocycles. The van der Waals surface area contributed by atoms with E-state index in [1.54, 1.807) is 0 Å². The molecule has 4 nitrogen and oxygen atoms in total. The summed E-state index contributed by atoms with van der Waals surface area (Å²) in [5.41, 5.74) is 9.95. The predicted molar refractivity (Wildman–Crippen MR) is 84.2 cm³/mol. The number of anilines is 1. The van der Waals surface area contributed by atoms with Crippen molar-refractivity contribution < 1.29 is 0 Å². The molecule has 1 fully saturated rings. The smallest absolute Gasteiger partial charge is 0.193 e. The maximum absolute atomic E-state index is 5.95. The van der Waals surface area contributed by atoms with Crippen LogP contribution in [-0.4, -0.2) is 37.0 Å². The SMILES string of the molecule is CN(CCN=C(N)Nc1ccc2c(c1)CCC2)C1CC1. The molecule has 1 saturated carbocycles. The van der Waals surface area contributed by atoms with Crippen molar-refractivity contribution in [1.29, 1.82) is 0 Å². The molecular weight excluding hydrogens is 248 g/mol. The third kappa shape index (κ3) is 3.31. The molecule has 2 aliphatic rings. The highest BCUT2D eigenvalue weighted by Crippen LogP contribution is 2.25. The number of hydrogen-bond donors (Lipinski definition) is 2. The van der Waals surface area contributed by atoms with Gasteiger partial charge in [-0.05, 0) is 62.4 Å². The van der Waals surface area contributed by atoms with Crippen LogP contribution in [0.2, 0.25) is 0 Å². The van der Waals surface area contributed by atoms with Gasteiger partial charge in [0.25, 0.3) is 0 Å². The zero-order valence-corrected chi connectivity index (χ0v) is 12.2. The second kappa shape index (κ2) is 5.83. The Balaban J connectivity index is 1.51. The normalized spacial score (nSPS) is 18.4. The number of benzene rings is 1. The monoisotopic (exact) mass is 272 g/mol. The maximum Gasteiger partial charge on any atom is 0.193 e.